The maximum absolute atomic E-state index is 3.99. The van der Waals surface area contributed by atoms with Crippen LogP contribution in [0.2, 0.25) is 0 Å². The predicted molar refractivity (Wildman–Crippen MR) is 78.4 cm³/mol. The summed E-state index contributed by atoms with van der Waals surface area (Å²) in [4.78, 5) is 7.73. The molecular weight excluding hydrogens is 252 g/mol. The van der Waals surface area contributed by atoms with Crippen LogP contribution >= 0.6 is 0 Å². The normalized spacial score (nSPS) is 23.4. The summed E-state index contributed by atoms with van der Waals surface area (Å²) >= 11 is 0. The summed E-state index contributed by atoms with van der Waals surface area (Å²) in [7, 11) is 1.96. The maximum atomic E-state index is 3.99. The molecule has 0 aromatic carbocycles. The first-order chi connectivity index (χ1) is 9.63. The van der Waals surface area contributed by atoms with Gasteiger partial charge in [-0.2, -0.15) is 0 Å². The number of likely N-dealkylation sites (tertiary alicyclic amines) is 1. The minimum atomic E-state index is 0.687. The molecule has 0 atom stereocenters. The summed E-state index contributed by atoms with van der Waals surface area (Å²) < 4.78 is 1.87. The van der Waals surface area contributed by atoms with E-state index in [1.165, 1.54) is 45.0 Å². The van der Waals surface area contributed by atoms with Gasteiger partial charge < -0.3 is 0 Å². The fourth-order valence-corrected chi connectivity index (χ4v) is 3.20. The lowest BCUT2D eigenvalue weighted by Gasteiger charge is -2.48. The van der Waals surface area contributed by atoms with Crippen LogP contribution in [0.5, 0.6) is 0 Å². The van der Waals surface area contributed by atoms with Crippen molar-refractivity contribution < 1.29 is 0 Å². The standard InChI is InChI=1S/C14H26N6/c1-12(2)19-4-6-20(7-5-19)14-10-18(11-14)9-13-8-15-16-17(13)3/h8,12,14H,4-7,9-11H2,1-3H3. The average molecular weight is 278 g/mol. The van der Waals surface area contributed by atoms with Crippen molar-refractivity contribution in [2.45, 2.75) is 32.5 Å². The summed E-state index contributed by atoms with van der Waals surface area (Å²) in [5, 5.41) is 7.92. The highest BCUT2D eigenvalue weighted by Gasteiger charge is 2.33. The number of nitrogens with zero attached hydrogens (tertiary/aromatic N) is 6. The van der Waals surface area contributed by atoms with Crippen molar-refractivity contribution in [3.8, 4) is 0 Å². The van der Waals surface area contributed by atoms with Gasteiger partial charge in [0, 0.05) is 64.9 Å². The van der Waals surface area contributed by atoms with Crippen LogP contribution in [-0.4, -0.2) is 81.0 Å². The van der Waals surface area contributed by atoms with E-state index in [-0.39, 0.29) is 0 Å². The highest BCUT2D eigenvalue weighted by Crippen LogP contribution is 2.19. The minimum Gasteiger partial charge on any atom is -0.298 e. The Balaban J connectivity index is 1.41. The molecule has 0 amide bonds. The predicted octanol–water partition coefficient (Wildman–Crippen LogP) is 0.0253. The first-order valence-electron chi connectivity index (χ1n) is 7.67. The van der Waals surface area contributed by atoms with E-state index in [0.717, 1.165) is 12.6 Å². The molecule has 3 heterocycles. The van der Waals surface area contributed by atoms with Gasteiger partial charge in [0.1, 0.15) is 0 Å². The zero-order chi connectivity index (χ0) is 14.1. The third kappa shape index (κ3) is 2.87. The first kappa shape index (κ1) is 14.0. The van der Waals surface area contributed by atoms with Crippen LogP contribution in [0.4, 0.5) is 0 Å². The van der Waals surface area contributed by atoms with E-state index in [1.807, 2.05) is 17.9 Å². The molecule has 3 rings (SSSR count). The molecule has 0 bridgehead atoms. The van der Waals surface area contributed by atoms with Crippen molar-refractivity contribution in [2.24, 2.45) is 7.05 Å². The topological polar surface area (TPSA) is 40.4 Å². The van der Waals surface area contributed by atoms with Crippen LogP contribution in [0, 0.1) is 0 Å². The second-order valence-electron chi connectivity index (χ2n) is 6.36. The Labute approximate surface area is 121 Å². The molecule has 2 saturated heterocycles. The lowest BCUT2D eigenvalue weighted by molar-refractivity contribution is -0.00503. The molecule has 1 aromatic rings. The number of rotatable bonds is 4. The Hall–Kier alpha value is -0.980. The fourth-order valence-electron chi connectivity index (χ4n) is 3.20. The second kappa shape index (κ2) is 5.79. The lowest BCUT2D eigenvalue weighted by Crippen LogP contribution is -2.63. The molecule has 0 unspecified atom stereocenters. The Morgan fingerprint density at radius 2 is 1.90 bits per heavy atom. The van der Waals surface area contributed by atoms with Crippen molar-refractivity contribution >= 4 is 0 Å². The van der Waals surface area contributed by atoms with E-state index in [0.29, 0.717) is 6.04 Å². The zero-order valence-corrected chi connectivity index (χ0v) is 12.9. The van der Waals surface area contributed by atoms with Gasteiger partial charge >= 0.3 is 0 Å². The molecule has 6 heteroatoms. The Kier molecular flexibility index (Phi) is 4.05. The molecule has 0 aliphatic carbocycles. The number of aryl methyl sites for hydroxylation is 1. The Morgan fingerprint density at radius 1 is 1.20 bits per heavy atom. The lowest BCUT2D eigenvalue weighted by atomic mass is 10.1. The van der Waals surface area contributed by atoms with Crippen molar-refractivity contribution in [1.29, 1.82) is 0 Å². The van der Waals surface area contributed by atoms with Crippen molar-refractivity contribution in [3.63, 3.8) is 0 Å². The molecule has 2 aliphatic rings. The molecule has 2 fully saturated rings. The maximum Gasteiger partial charge on any atom is 0.0738 e. The minimum absolute atomic E-state index is 0.687. The van der Waals surface area contributed by atoms with Gasteiger partial charge in [-0.1, -0.05) is 5.21 Å². The Morgan fingerprint density at radius 3 is 2.45 bits per heavy atom. The SMILES string of the molecule is CC(C)N1CCN(C2CN(Cc3cnnn3C)C2)CC1. The van der Waals surface area contributed by atoms with Crippen molar-refractivity contribution in [2.75, 3.05) is 39.3 Å². The van der Waals surface area contributed by atoms with E-state index in [9.17, 15) is 0 Å². The number of hydrogen-bond acceptors (Lipinski definition) is 5. The molecule has 6 nitrogen and oxygen atoms in total. The quantitative estimate of drug-likeness (QED) is 0.777. The van der Waals surface area contributed by atoms with Gasteiger partial charge in [0.25, 0.3) is 0 Å². The van der Waals surface area contributed by atoms with Crippen LogP contribution in [-0.2, 0) is 13.6 Å². The van der Waals surface area contributed by atoms with Crippen LogP contribution < -0.4 is 0 Å². The van der Waals surface area contributed by atoms with Gasteiger partial charge in [-0.05, 0) is 13.8 Å². The molecule has 1 aromatic heterocycles. The first-order valence-corrected chi connectivity index (χ1v) is 7.67. The van der Waals surface area contributed by atoms with Crippen LogP contribution in [0.1, 0.15) is 19.5 Å². The summed E-state index contributed by atoms with van der Waals surface area (Å²) in [5.74, 6) is 0. The van der Waals surface area contributed by atoms with Crippen molar-refractivity contribution in [3.05, 3.63) is 11.9 Å². The van der Waals surface area contributed by atoms with E-state index < -0.39 is 0 Å². The number of aromatic nitrogens is 3. The van der Waals surface area contributed by atoms with Gasteiger partial charge in [-0.3, -0.25) is 19.4 Å². The average Bonchev–Trinajstić information content (AvgIpc) is 2.79. The Bertz CT molecular complexity index is 429. The molecule has 2 aliphatic heterocycles. The third-order valence-electron chi connectivity index (χ3n) is 4.73. The molecule has 112 valence electrons. The number of piperazine rings is 1. The van der Waals surface area contributed by atoms with E-state index >= 15 is 0 Å². The number of hydrogen-bond donors (Lipinski definition) is 0. The van der Waals surface area contributed by atoms with E-state index in [4.69, 9.17) is 0 Å². The smallest absolute Gasteiger partial charge is 0.0738 e. The highest BCUT2D eigenvalue weighted by atomic mass is 15.4. The van der Waals surface area contributed by atoms with Crippen LogP contribution in [0.25, 0.3) is 0 Å². The summed E-state index contributed by atoms with van der Waals surface area (Å²) in [6, 6.07) is 1.44. The summed E-state index contributed by atoms with van der Waals surface area (Å²) in [6.45, 7) is 12.8. The highest BCUT2D eigenvalue weighted by molar-refractivity contribution is 4.98. The molecule has 0 N–H and O–H groups in total. The second-order valence-corrected chi connectivity index (χ2v) is 6.36. The van der Waals surface area contributed by atoms with Crippen LogP contribution in [0.15, 0.2) is 6.20 Å². The van der Waals surface area contributed by atoms with Gasteiger partial charge in [-0.15, -0.1) is 5.10 Å². The molecule has 20 heavy (non-hydrogen) atoms. The third-order valence-corrected chi connectivity index (χ3v) is 4.73. The summed E-state index contributed by atoms with van der Waals surface area (Å²) in [6.07, 6.45) is 1.87. The fraction of sp³-hybridized carbons (Fsp3) is 0.857. The van der Waals surface area contributed by atoms with Crippen molar-refractivity contribution in [1.82, 2.24) is 29.7 Å². The zero-order valence-electron chi connectivity index (χ0n) is 12.9. The van der Waals surface area contributed by atoms with Crippen LogP contribution in [0.3, 0.4) is 0 Å². The van der Waals surface area contributed by atoms with E-state index in [2.05, 4.69) is 38.9 Å². The molecular formula is C14H26N6. The summed E-state index contributed by atoms with van der Waals surface area (Å²) in [5.41, 5.74) is 1.20. The molecule has 0 spiro atoms. The molecule has 0 radical (unpaired) electrons. The monoisotopic (exact) mass is 278 g/mol. The van der Waals surface area contributed by atoms with Gasteiger partial charge in [0.05, 0.1) is 11.9 Å². The van der Waals surface area contributed by atoms with E-state index in [1.54, 1.807) is 0 Å². The molecule has 0 saturated carbocycles. The van der Waals surface area contributed by atoms with Gasteiger partial charge in [0.15, 0.2) is 0 Å². The van der Waals surface area contributed by atoms with Gasteiger partial charge in [-0.25, -0.2) is 0 Å². The largest absolute Gasteiger partial charge is 0.298 e. The van der Waals surface area contributed by atoms with Gasteiger partial charge in [0.2, 0.25) is 0 Å².